The Labute approximate surface area is 271 Å². The van der Waals surface area contributed by atoms with Gasteiger partial charge in [-0.05, 0) is 45.8 Å². The Kier molecular flexibility index (Phi) is 6.43. The van der Waals surface area contributed by atoms with Crippen LogP contribution in [0.1, 0.15) is 0 Å². The highest BCUT2D eigenvalue weighted by molar-refractivity contribution is 6.19. The van der Waals surface area contributed by atoms with Crippen molar-refractivity contribution in [2.75, 3.05) is 0 Å². The topological polar surface area (TPSA) is 51.8 Å². The van der Waals surface area contributed by atoms with Crippen molar-refractivity contribution in [1.82, 2.24) is 15.0 Å². The normalized spacial score (nSPS) is 11.4. The van der Waals surface area contributed by atoms with Crippen molar-refractivity contribution >= 4 is 32.7 Å². The highest BCUT2D eigenvalue weighted by Crippen LogP contribution is 2.40. The van der Waals surface area contributed by atoms with E-state index >= 15 is 0 Å². The van der Waals surface area contributed by atoms with Crippen molar-refractivity contribution < 1.29 is 4.42 Å². The molecule has 0 aliphatic heterocycles. The molecule has 2 aromatic heterocycles. The van der Waals surface area contributed by atoms with Gasteiger partial charge in [0.1, 0.15) is 11.2 Å². The Morgan fingerprint density at radius 3 is 1.38 bits per heavy atom. The van der Waals surface area contributed by atoms with Crippen molar-refractivity contribution in [3.05, 3.63) is 164 Å². The molecule has 0 aliphatic carbocycles. The third kappa shape index (κ3) is 4.84. The van der Waals surface area contributed by atoms with E-state index in [4.69, 9.17) is 19.4 Å². The van der Waals surface area contributed by atoms with Crippen LogP contribution in [0.5, 0.6) is 0 Å². The Morgan fingerprint density at radius 1 is 0.319 bits per heavy atom. The van der Waals surface area contributed by atoms with Crippen LogP contribution >= 0.6 is 0 Å². The predicted octanol–water partition coefficient (Wildman–Crippen LogP) is 11.3. The predicted molar refractivity (Wildman–Crippen MR) is 192 cm³/mol. The molecule has 0 saturated heterocycles. The van der Waals surface area contributed by atoms with Gasteiger partial charge in [-0.15, -0.1) is 0 Å². The minimum absolute atomic E-state index is 0.637. The lowest BCUT2D eigenvalue weighted by Gasteiger charge is -2.09. The van der Waals surface area contributed by atoms with Crippen LogP contribution in [0.15, 0.2) is 168 Å². The number of fused-ring (bicyclic) bond motifs is 5. The standard InChI is InChI=1S/C43H27N3O/c1-4-12-29(13-5-1)37-27-38-35-25-24-33(26-39(35)47-40(38)36-19-11-10-18-34(36)37)28-20-22-32(23-21-28)43-45-41(30-14-6-2-7-15-30)44-42(46-43)31-16-8-3-9-17-31/h1-27H. The first kappa shape index (κ1) is 27.0. The zero-order chi connectivity index (χ0) is 31.2. The molecule has 0 fully saturated rings. The number of hydrogen-bond acceptors (Lipinski definition) is 4. The van der Waals surface area contributed by atoms with Crippen LogP contribution < -0.4 is 0 Å². The summed E-state index contributed by atoms with van der Waals surface area (Å²) in [5, 5.41) is 4.53. The number of benzene rings is 7. The molecule has 9 aromatic rings. The van der Waals surface area contributed by atoms with Gasteiger partial charge < -0.3 is 4.42 Å². The zero-order valence-corrected chi connectivity index (χ0v) is 25.3. The lowest BCUT2D eigenvalue weighted by Crippen LogP contribution is -2.00. The van der Waals surface area contributed by atoms with Crippen LogP contribution in [0.4, 0.5) is 0 Å². The van der Waals surface area contributed by atoms with Crippen molar-refractivity contribution in [3.8, 4) is 56.4 Å². The van der Waals surface area contributed by atoms with Crippen LogP contribution in [-0.4, -0.2) is 15.0 Å². The van der Waals surface area contributed by atoms with Gasteiger partial charge in [-0.2, -0.15) is 0 Å². The van der Waals surface area contributed by atoms with Gasteiger partial charge in [0.05, 0.1) is 0 Å². The molecule has 47 heavy (non-hydrogen) atoms. The molecule has 9 rings (SSSR count). The number of furan rings is 1. The minimum Gasteiger partial charge on any atom is -0.455 e. The van der Waals surface area contributed by atoms with E-state index in [1.54, 1.807) is 0 Å². The highest BCUT2D eigenvalue weighted by atomic mass is 16.3. The first-order chi connectivity index (χ1) is 23.3. The average Bonchev–Trinajstić information content (AvgIpc) is 3.53. The van der Waals surface area contributed by atoms with Gasteiger partial charge in [-0.3, -0.25) is 0 Å². The summed E-state index contributed by atoms with van der Waals surface area (Å²) in [6.07, 6.45) is 0. The molecule has 0 radical (unpaired) electrons. The molecule has 2 heterocycles. The first-order valence-electron chi connectivity index (χ1n) is 15.7. The molecule has 0 N–H and O–H groups in total. The summed E-state index contributed by atoms with van der Waals surface area (Å²) >= 11 is 0. The van der Waals surface area contributed by atoms with Gasteiger partial charge in [0.25, 0.3) is 0 Å². The quantitative estimate of drug-likeness (QED) is 0.197. The molecule has 7 aromatic carbocycles. The molecule has 0 spiro atoms. The van der Waals surface area contributed by atoms with Crippen molar-refractivity contribution in [1.29, 1.82) is 0 Å². The van der Waals surface area contributed by atoms with Gasteiger partial charge in [0.15, 0.2) is 17.5 Å². The maximum atomic E-state index is 6.60. The largest absolute Gasteiger partial charge is 0.455 e. The maximum absolute atomic E-state index is 6.60. The molecule has 0 unspecified atom stereocenters. The average molecular weight is 602 g/mol. The summed E-state index contributed by atoms with van der Waals surface area (Å²) in [5.41, 5.74) is 9.20. The second-order valence-electron chi connectivity index (χ2n) is 11.6. The van der Waals surface area contributed by atoms with Crippen LogP contribution in [0.25, 0.3) is 89.1 Å². The summed E-state index contributed by atoms with van der Waals surface area (Å²) in [4.78, 5) is 14.6. The molecule has 220 valence electrons. The number of nitrogens with zero attached hydrogens (tertiary/aromatic N) is 3. The van der Waals surface area contributed by atoms with E-state index in [9.17, 15) is 0 Å². The van der Waals surface area contributed by atoms with Crippen molar-refractivity contribution in [2.45, 2.75) is 0 Å². The van der Waals surface area contributed by atoms with E-state index in [0.29, 0.717) is 17.5 Å². The second-order valence-corrected chi connectivity index (χ2v) is 11.6. The molecule has 0 bridgehead atoms. The number of aromatic nitrogens is 3. The summed E-state index contributed by atoms with van der Waals surface area (Å²) < 4.78 is 6.60. The van der Waals surface area contributed by atoms with E-state index in [0.717, 1.165) is 55.1 Å². The van der Waals surface area contributed by atoms with Gasteiger partial charge in [0, 0.05) is 32.8 Å². The van der Waals surface area contributed by atoms with Crippen LogP contribution in [0.3, 0.4) is 0 Å². The zero-order valence-electron chi connectivity index (χ0n) is 25.3. The summed E-state index contributed by atoms with van der Waals surface area (Å²) in [6.45, 7) is 0. The summed E-state index contributed by atoms with van der Waals surface area (Å²) in [7, 11) is 0. The number of rotatable bonds is 5. The Morgan fingerprint density at radius 2 is 0.787 bits per heavy atom. The Balaban J connectivity index is 1.12. The SMILES string of the molecule is c1ccc(-c2nc(-c3ccccc3)nc(-c3ccc(-c4ccc5c(c4)oc4c6ccccc6c(-c6ccccc6)cc54)cc3)n2)cc1. The third-order valence-corrected chi connectivity index (χ3v) is 8.74. The fourth-order valence-electron chi connectivity index (χ4n) is 6.38. The highest BCUT2D eigenvalue weighted by Gasteiger charge is 2.16. The summed E-state index contributed by atoms with van der Waals surface area (Å²) in [6, 6.07) is 56.3. The number of hydrogen-bond donors (Lipinski definition) is 0. The van der Waals surface area contributed by atoms with Gasteiger partial charge >= 0.3 is 0 Å². The van der Waals surface area contributed by atoms with E-state index in [1.807, 2.05) is 60.7 Å². The summed E-state index contributed by atoms with van der Waals surface area (Å²) in [5.74, 6) is 1.94. The molecule has 4 heteroatoms. The maximum Gasteiger partial charge on any atom is 0.164 e. The lowest BCUT2D eigenvalue weighted by atomic mass is 9.95. The van der Waals surface area contributed by atoms with Crippen LogP contribution in [0, 0.1) is 0 Å². The van der Waals surface area contributed by atoms with Crippen molar-refractivity contribution in [2.24, 2.45) is 0 Å². The monoisotopic (exact) mass is 601 g/mol. The van der Waals surface area contributed by atoms with Crippen LogP contribution in [-0.2, 0) is 0 Å². The fourth-order valence-corrected chi connectivity index (χ4v) is 6.38. The molecule has 4 nitrogen and oxygen atoms in total. The van der Waals surface area contributed by atoms with Gasteiger partial charge in [0.2, 0.25) is 0 Å². The first-order valence-corrected chi connectivity index (χ1v) is 15.7. The molecule has 0 amide bonds. The third-order valence-electron chi connectivity index (χ3n) is 8.74. The Bertz CT molecular complexity index is 2480. The van der Waals surface area contributed by atoms with Gasteiger partial charge in [-0.1, -0.05) is 146 Å². The molecular formula is C43H27N3O. The Hall–Kier alpha value is -6.39. The van der Waals surface area contributed by atoms with E-state index in [2.05, 4.69) is 103 Å². The van der Waals surface area contributed by atoms with Crippen molar-refractivity contribution in [3.63, 3.8) is 0 Å². The minimum atomic E-state index is 0.637. The van der Waals surface area contributed by atoms with Gasteiger partial charge in [-0.25, -0.2) is 15.0 Å². The van der Waals surface area contributed by atoms with Crippen LogP contribution in [0.2, 0.25) is 0 Å². The van der Waals surface area contributed by atoms with E-state index in [-0.39, 0.29) is 0 Å². The lowest BCUT2D eigenvalue weighted by molar-refractivity contribution is 0.673. The molecular weight excluding hydrogens is 574 g/mol. The van der Waals surface area contributed by atoms with E-state index in [1.165, 1.54) is 16.5 Å². The smallest absolute Gasteiger partial charge is 0.164 e. The van der Waals surface area contributed by atoms with E-state index < -0.39 is 0 Å². The molecule has 0 saturated carbocycles. The second kappa shape index (κ2) is 11.2. The molecule has 0 atom stereocenters. The molecule has 0 aliphatic rings. The fraction of sp³-hybridized carbons (Fsp3) is 0.